The van der Waals surface area contributed by atoms with Gasteiger partial charge in [0.25, 0.3) is 0 Å². The van der Waals surface area contributed by atoms with E-state index < -0.39 is 5.91 Å². The Morgan fingerprint density at radius 1 is 1.10 bits per heavy atom. The normalized spacial score (nSPS) is 11.2. The van der Waals surface area contributed by atoms with Crippen LogP contribution in [0.25, 0.3) is 10.9 Å². The number of nitrogens with zero attached hydrogens (tertiary/aromatic N) is 2. The van der Waals surface area contributed by atoms with Crippen LogP contribution in [0.4, 0.5) is 11.4 Å². The molecule has 0 fully saturated rings. The van der Waals surface area contributed by atoms with Crippen LogP contribution in [0.5, 0.6) is 11.5 Å². The summed E-state index contributed by atoms with van der Waals surface area (Å²) >= 11 is 0. The highest BCUT2D eigenvalue weighted by Gasteiger charge is 2.20. The molecule has 40 heavy (non-hydrogen) atoms. The Kier molecular flexibility index (Phi) is 10.7. The molecule has 1 heterocycles. The summed E-state index contributed by atoms with van der Waals surface area (Å²) in [5, 5.41) is 4.32. The molecule has 0 aliphatic heterocycles. The van der Waals surface area contributed by atoms with Gasteiger partial charge >= 0.3 is 0 Å². The van der Waals surface area contributed by atoms with E-state index >= 15 is 0 Å². The molecule has 3 rings (SSSR count). The number of aromatic nitrogens is 1. The first-order valence-corrected chi connectivity index (χ1v) is 13.9. The number of fused-ring (bicyclic) bond motifs is 1. The Balaban J connectivity index is 1.95. The number of amides is 2. The summed E-state index contributed by atoms with van der Waals surface area (Å²) in [5.41, 5.74) is 16.7. The summed E-state index contributed by atoms with van der Waals surface area (Å²) in [7, 11) is 1.59. The second-order valence-corrected chi connectivity index (χ2v) is 10.4. The van der Waals surface area contributed by atoms with Crippen LogP contribution in [0.15, 0.2) is 36.5 Å². The Morgan fingerprint density at radius 3 is 2.45 bits per heavy atom. The van der Waals surface area contributed by atoms with Crippen LogP contribution in [0, 0.1) is 5.92 Å². The first-order valence-electron chi connectivity index (χ1n) is 13.9. The van der Waals surface area contributed by atoms with Crippen LogP contribution < -0.4 is 26.3 Å². The summed E-state index contributed by atoms with van der Waals surface area (Å²) in [6, 6.07) is 9.80. The fraction of sp³-hybridized carbons (Fsp3) is 0.452. The third kappa shape index (κ3) is 7.21. The van der Waals surface area contributed by atoms with Crippen LogP contribution in [0.3, 0.4) is 0 Å². The van der Waals surface area contributed by atoms with E-state index in [0.29, 0.717) is 48.7 Å². The molecule has 0 saturated heterocycles. The quantitative estimate of drug-likeness (QED) is 0.248. The molecule has 9 heteroatoms. The number of carbonyl (C=O) groups excluding carboxylic acids is 2. The van der Waals surface area contributed by atoms with E-state index in [1.807, 2.05) is 62.9 Å². The maximum Gasteiger partial charge on any atom is 0.225 e. The lowest BCUT2D eigenvalue weighted by Gasteiger charge is -2.28. The minimum absolute atomic E-state index is 0.0331. The molecular formula is C31H43N5O4. The lowest BCUT2D eigenvalue weighted by atomic mass is 10.0. The molecule has 3 aromatic rings. The Labute approximate surface area is 237 Å². The Hall–Kier alpha value is -3.85. The van der Waals surface area contributed by atoms with Gasteiger partial charge in [-0.15, -0.1) is 0 Å². The van der Waals surface area contributed by atoms with E-state index in [2.05, 4.69) is 17.2 Å². The number of hydrogen-bond acceptors (Lipinski definition) is 7. The lowest BCUT2D eigenvalue weighted by molar-refractivity contribution is -0.136. The molecule has 0 aliphatic carbocycles. The number of anilines is 2. The predicted octanol–water partition coefficient (Wildman–Crippen LogP) is 4.70. The van der Waals surface area contributed by atoms with Crippen molar-refractivity contribution in [1.29, 1.82) is 0 Å². The number of methoxy groups -OCH3 is 1. The number of benzene rings is 2. The summed E-state index contributed by atoms with van der Waals surface area (Å²) in [6.07, 6.45) is 3.17. The number of rotatable bonds is 14. The summed E-state index contributed by atoms with van der Waals surface area (Å²) in [4.78, 5) is 31.0. The standard InChI is InChI=1S/C31H43N5O4/c1-7-23-21(17-32)10-8-11-25(23)35-30-22(14-29(33)37)18-34-26-16-28(27(39-6)15-24(26)30)40-13-9-12-36(20(4)5)31(38)19(2)3/h8,10-11,15-16,18-20H,7,9,12-14,17,32H2,1-6H3,(H2,33,37)(H,34,35). The average molecular weight is 550 g/mol. The van der Waals surface area contributed by atoms with Gasteiger partial charge in [-0.2, -0.15) is 0 Å². The van der Waals surface area contributed by atoms with Crippen molar-refractivity contribution in [3.8, 4) is 11.5 Å². The van der Waals surface area contributed by atoms with E-state index in [4.69, 9.17) is 20.9 Å². The van der Waals surface area contributed by atoms with E-state index in [1.165, 1.54) is 0 Å². The van der Waals surface area contributed by atoms with Crippen LogP contribution >= 0.6 is 0 Å². The molecule has 1 aromatic heterocycles. The van der Waals surface area contributed by atoms with Crippen LogP contribution in [0.2, 0.25) is 0 Å². The molecule has 9 nitrogen and oxygen atoms in total. The van der Waals surface area contributed by atoms with E-state index in [9.17, 15) is 9.59 Å². The first-order chi connectivity index (χ1) is 19.1. The summed E-state index contributed by atoms with van der Waals surface area (Å²) < 4.78 is 11.8. The number of hydrogen-bond donors (Lipinski definition) is 3. The van der Waals surface area contributed by atoms with Crippen molar-refractivity contribution in [2.75, 3.05) is 25.6 Å². The molecule has 0 aliphatic rings. The molecule has 5 N–H and O–H groups in total. The largest absolute Gasteiger partial charge is 0.493 e. The van der Waals surface area contributed by atoms with Gasteiger partial charge in [-0.25, -0.2) is 0 Å². The van der Waals surface area contributed by atoms with Crippen molar-refractivity contribution in [3.63, 3.8) is 0 Å². The maximum atomic E-state index is 12.5. The first kappa shape index (κ1) is 30.7. The van der Waals surface area contributed by atoms with Gasteiger partial charge in [0.15, 0.2) is 11.5 Å². The smallest absolute Gasteiger partial charge is 0.225 e. The molecule has 0 radical (unpaired) electrons. The average Bonchev–Trinajstić information content (AvgIpc) is 2.92. The van der Waals surface area contributed by atoms with Crippen molar-refractivity contribution in [2.24, 2.45) is 17.4 Å². The second kappa shape index (κ2) is 14.0. The van der Waals surface area contributed by atoms with Gasteiger partial charge in [0, 0.05) is 53.9 Å². The molecule has 2 amide bonds. The number of nitrogens with one attached hydrogen (secondary N) is 1. The number of carbonyl (C=O) groups is 2. The molecule has 216 valence electrons. The highest BCUT2D eigenvalue weighted by molar-refractivity contribution is 5.98. The maximum absolute atomic E-state index is 12.5. The zero-order valence-corrected chi connectivity index (χ0v) is 24.5. The molecule has 0 atom stereocenters. The third-order valence-corrected chi connectivity index (χ3v) is 6.90. The van der Waals surface area contributed by atoms with Gasteiger partial charge < -0.3 is 31.2 Å². The number of primary amides is 1. The van der Waals surface area contributed by atoms with Crippen molar-refractivity contribution in [1.82, 2.24) is 9.88 Å². The van der Waals surface area contributed by atoms with Crippen molar-refractivity contribution in [3.05, 3.63) is 53.2 Å². The molecular weight excluding hydrogens is 506 g/mol. The zero-order chi connectivity index (χ0) is 29.4. The van der Waals surface area contributed by atoms with Crippen molar-refractivity contribution < 1.29 is 19.1 Å². The minimum Gasteiger partial charge on any atom is -0.493 e. The van der Waals surface area contributed by atoms with Gasteiger partial charge in [-0.1, -0.05) is 32.9 Å². The van der Waals surface area contributed by atoms with E-state index in [-0.39, 0.29) is 24.3 Å². The van der Waals surface area contributed by atoms with Crippen molar-refractivity contribution in [2.45, 2.75) is 66.5 Å². The molecule has 0 saturated carbocycles. The number of nitrogens with two attached hydrogens (primary N) is 2. The van der Waals surface area contributed by atoms with Gasteiger partial charge in [-0.3, -0.25) is 14.6 Å². The monoisotopic (exact) mass is 549 g/mol. The van der Waals surface area contributed by atoms with Gasteiger partial charge in [0.05, 0.1) is 31.3 Å². The van der Waals surface area contributed by atoms with Gasteiger partial charge in [-0.05, 0) is 49.9 Å². The predicted molar refractivity (Wildman–Crippen MR) is 160 cm³/mol. The lowest BCUT2D eigenvalue weighted by Crippen LogP contribution is -2.40. The van der Waals surface area contributed by atoms with E-state index in [0.717, 1.165) is 34.3 Å². The number of ether oxygens (including phenoxy) is 2. The summed E-state index contributed by atoms with van der Waals surface area (Å²) in [5.74, 6) is 0.732. The third-order valence-electron chi connectivity index (χ3n) is 6.90. The fourth-order valence-electron chi connectivity index (χ4n) is 4.85. The molecule has 2 aromatic carbocycles. The highest BCUT2D eigenvalue weighted by atomic mass is 16.5. The Morgan fingerprint density at radius 2 is 1.85 bits per heavy atom. The minimum atomic E-state index is -0.450. The molecule has 0 bridgehead atoms. The van der Waals surface area contributed by atoms with Crippen molar-refractivity contribution >= 4 is 34.1 Å². The SMILES string of the molecule is CCc1c(CN)cccc1Nc1c(CC(N)=O)cnc2cc(OCCCN(C(=O)C(C)C)C(C)C)c(OC)cc12. The van der Waals surface area contributed by atoms with Gasteiger partial charge in [0.2, 0.25) is 11.8 Å². The Bertz CT molecular complexity index is 1340. The fourth-order valence-corrected chi connectivity index (χ4v) is 4.85. The second-order valence-electron chi connectivity index (χ2n) is 10.4. The zero-order valence-electron chi connectivity index (χ0n) is 24.5. The van der Waals surface area contributed by atoms with E-state index in [1.54, 1.807) is 13.3 Å². The summed E-state index contributed by atoms with van der Waals surface area (Å²) in [6.45, 7) is 11.4. The van der Waals surface area contributed by atoms with Crippen LogP contribution in [-0.4, -0.2) is 48.0 Å². The van der Waals surface area contributed by atoms with Gasteiger partial charge in [0.1, 0.15) is 0 Å². The topological polar surface area (TPSA) is 133 Å². The highest BCUT2D eigenvalue weighted by Crippen LogP contribution is 2.38. The van der Waals surface area contributed by atoms with Crippen LogP contribution in [0.1, 0.15) is 57.7 Å². The molecule has 0 unspecified atom stereocenters. The molecule has 0 spiro atoms. The van der Waals surface area contributed by atoms with Crippen LogP contribution in [-0.2, 0) is 29.0 Å². The number of pyridine rings is 1.